The van der Waals surface area contributed by atoms with Gasteiger partial charge in [0, 0.05) is 27.8 Å². The van der Waals surface area contributed by atoms with Gasteiger partial charge in [0.2, 0.25) is 5.91 Å². The summed E-state index contributed by atoms with van der Waals surface area (Å²) in [7, 11) is 0. The zero-order chi connectivity index (χ0) is 21.7. The second-order valence-electron chi connectivity index (χ2n) is 8.24. The number of primary amides is 1. The van der Waals surface area contributed by atoms with Gasteiger partial charge in [-0.05, 0) is 72.7 Å². The van der Waals surface area contributed by atoms with Crippen molar-refractivity contribution in [2.75, 3.05) is 0 Å². The number of hydrogen-bond donors (Lipinski definition) is 1. The van der Waals surface area contributed by atoms with E-state index < -0.39 is 5.91 Å². The molecule has 3 nitrogen and oxygen atoms in total. The van der Waals surface area contributed by atoms with Gasteiger partial charge in [-0.2, -0.15) is 0 Å². The Morgan fingerprint density at radius 3 is 2.39 bits per heavy atom. The zero-order valence-electron chi connectivity index (χ0n) is 17.9. The molecule has 4 heteroatoms. The van der Waals surface area contributed by atoms with Crippen molar-refractivity contribution in [3.05, 3.63) is 93.9 Å². The molecule has 0 aliphatic heterocycles. The van der Waals surface area contributed by atoms with Gasteiger partial charge in [0.15, 0.2) is 0 Å². The number of nitrogens with zero attached hydrogens (tertiary/aromatic N) is 1. The van der Waals surface area contributed by atoms with Crippen LogP contribution in [0.25, 0.3) is 32.2 Å². The van der Waals surface area contributed by atoms with Gasteiger partial charge in [-0.15, -0.1) is 11.3 Å². The summed E-state index contributed by atoms with van der Waals surface area (Å²) in [6.07, 6.45) is 0. The van der Waals surface area contributed by atoms with Crippen molar-refractivity contribution in [3.63, 3.8) is 0 Å². The minimum Gasteiger partial charge on any atom is -0.366 e. The zero-order valence-corrected chi connectivity index (χ0v) is 18.7. The lowest BCUT2D eigenvalue weighted by Gasteiger charge is -2.15. The Balaban J connectivity index is 1.83. The molecule has 2 heterocycles. The highest BCUT2D eigenvalue weighted by molar-refractivity contribution is 7.13. The largest absolute Gasteiger partial charge is 0.366 e. The van der Waals surface area contributed by atoms with Gasteiger partial charge >= 0.3 is 0 Å². The second kappa shape index (κ2) is 7.40. The third kappa shape index (κ3) is 3.24. The molecule has 5 aromatic rings. The SMILES string of the molecule is Cc1cc(C)c(Cn2c3cc(-c4cccs4)ccc3c3c(C(N)=O)cccc32)c(C)c1. The molecule has 1 amide bonds. The van der Waals surface area contributed by atoms with Crippen molar-refractivity contribution in [2.45, 2.75) is 27.3 Å². The first-order valence-electron chi connectivity index (χ1n) is 10.4. The van der Waals surface area contributed by atoms with Crippen LogP contribution < -0.4 is 5.73 Å². The molecule has 2 N–H and O–H groups in total. The highest BCUT2D eigenvalue weighted by Gasteiger charge is 2.18. The van der Waals surface area contributed by atoms with Crippen molar-refractivity contribution in [3.8, 4) is 10.4 Å². The Bertz CT molecular complexity index is 1440. The lowest BCUT2D eigenvalue weighted by molar-refractivity contribution is 0.100. The number of aryl methyl sites for hydroxylation is 3. The molecule has 0 fully saturated rings. The van der Waals surface area contributed by atoms with Crippen molar-refractivity contribution in [1.82, 2.24) is 4.57 Å². The van der Waals surface area contributed by atoms with Crippen LogP contribution in [0.3, 0.4) is 0 Å². The van der Waals surface area contributed by atoms with Crippen LogP contribution in [0.2, 0.25) is 0 Å². The molecule has 0 bridgehead atoms. The van der Waals surface area contributed by atoms with Crippen molar-refractivity contribution >= 4 is 39.0 Å². The molecular formula is C27H24N2OS. The summed E-state index contributed by atoms with van der Waals surface area (Å²) in [5, 5.41) is 4.09. The average molecular weight is 425 g/mol. The van der Waals surface area contributed by atoms with Gasteiger partial charge in [-0.1, -0.05) is 42.0 Å². The summed E-state index contributed by atoms with van der Waals surface area (Å²) >= 11 is 1.73. The van der Waals surface area contributed by atoms with E-state index in [0.717, 1.165) is 28.4 Å². The molecule has 5 rings (SSSR count). The lowest BCUT2D eigenvalue weighted by Crippen LogP contribution is -2.11. The van der Waals surface area contributed by atoms with Gasteiger partial charge < -0.3 is 10.3 Å². The van der Waals surface area contributed by atoms with Crippen molar-refractivity contribution in [2.24, 2.45) is 5.73 Å². The number of benzene rings is 3. The van der Waals surface area contributed by atoms with Crippen LogP contribution in [-0.2, 0) is 6.54 Å². The molecule has 0 saturated heterocycles. The van der Waals surface area contributed by atoms with E-state index >= 15 is 0 Å². The second-order valence-corrected chi connectivity index (χ2v) is 9.18. The highest BCUT2D eigenvalue weighted by Crippen LogP contribution is 2.36. The smallest absolute Gasteiger partial charge is 0.249 e. The molecule has 0 aliphatic carbocycles. The molecule has 0 radical (unpaired) electrons. The third-order valence-electron chi connectivity index (χ3n) is 6.12. The standard InChI is InChI=1S/C27H24N2OS/c1-16-12-17(2)22(18(3)13-16)15-29-23-7-4-6-21(27(28)30)26(23)20-10-9-19(14-24(20)29)25-8-5-11-31-25/h4-14H,15H2,1-3H3,(H2,28,30). The number of thiophene rings is 1. The number of carbonyl (C=O) groups excluding carboxylic acids is 1. The molecule has 0 spiro atoms. The molecule has 0 atom stereocenters. The van der Waals surface area contributed by atoms with E-state index in [2.05, 4.69) is 79.2 Å². The Kier molecular flexibility index (Phi) is 4.67. The van der Waals surface area contributed by atoms with Crippen LogP contribution in [0.5, 0.6) is 0 Å². The van der Waals surface area contributed by atoms with Gasteiger partial charge in [0.05, 0.1) is 11.0 Å². The predicted molar refractivity (Wildman–Crippen MR) is 131 cm³/mol. The molecule has 2 aromatic heterocycles. The Morgan fingerprint density at radius 1 is 0.935 bits per heavy atom. The summed E-state index contributed by atoms with van der Waals surface area (Å²) < 4.78 is 2.33. The number of nitrogens with two attached hydrogens (primary N) is 1. The fourth-order valence-corrected chi connectivity index (χ4v) is 5.46. The maximum Gasteiger partial charge on any atom is 0.249 e. The van der Waals surface area contributed by atoms with E-state index in [1.807, 2.05) is 12.1 Å². The fraction of sp³-hybridized carbons (Fsp3) is 0.148. The third-order valence-corrected chi connectivity index (χ3v) is 7.04. The molecular weight excluding hydrogens is 400 g/mol. The van der Waals surface area contributed by atoms with Crippen LogP contribution >= 0.6 is 11.3 Å². The van der Waals surface area contributed by atoms with Crippen molar-refractivity contribution in [1.29, 1.82) is 0 Å². The molecule has 31 heavy (non-hydrogen) atoms. The fourth-order valence-electron chi connectivity index (χ4n) is 4.73. The van der Waals surface area contributed by atoms with Crippen LogP contribution in [0.15, 0.2) is 66.0 Å². The van der Waals surface area contributed by atoms with E-state index in [1.165, 1.54) is 32.7 Å². The quantitative estimate of drug-likeness (QED) is 0.347. The van der Waals surface area contributed by atoms with E-state index in [1.54, 1.807) is 11.3 Å². The summed E-state index contributed by atoms with van der Waals surface area (Å²) in [6, 6.07) is 21.0. The van der Waals surface area contributed by atoms with Crippen LogP contribution in [0.1, 0.15) is 32.6 Å². The Labute approximate surface area is 185 Å². The van der Waals surface area contributed by atoms with Crippen molar-refractivity contribution < 1.29 is 4.79 Å². The average Bonchev–Trinajstić information content (AvgIpc) is 3.37. The topological polar surface area (TPSA) is 48.0 Å². The monoisotopic (exact) mass is 424 g/mol. The van der Waals surface area contributed by atoms with Crippen LogP contribution in [0, 0.1) is 20.8 Å². The Morgan fingerprint density at radius 2 is 1.71 bits per heavy atom. The summed E-state index contributed by atoms with van der Waals surface area (Å²) in [5.74, 6) is -0.394. The van der Waals surface area contributed by atoms with Gasteiger partial charge in [0.25, 0.3) is 0 Å². The minimum absolute atomic E-state index is 0.394. The summed E-state index contributed by atoms with van der Waals surface area (Å²) in [5.41, 5.74) is 14.8. The maximum atomic E-state index is 12.2. The summed E-state index contributed by atoms with van der Waals surface area (Å²) in [4.78, 5) is 13.5. The lowest BCUT2D eigenvalue weighted by atomic mass is 9.99. The van der Waals surface area contributed by atoms with E-state index in [-0.39, 0.29) is 0 Å². The van der Waals surface area contributed by atoms with Crippen LogP contribution in [-0.4, -0.2) is 10.5 Å². The highest BCUT2D eigenvalue weighted by atomic mass is 32.1. The minimum atomic E-state index is -0.394. The predicted octanol–water partition coefficient (Wildman–Crippen LogP) is 6.60. The molecule has 0 unspecified atom stereocenters. The summed E-state index contributed by atoms with van der Waals surface area (Å²) in [6.45, 7) is 7.23. The first-order valence-corrected chi connectivity index (χ1v) is 11.3. The first-order chi connectivity index (χ1) is 14.9. The number of carbonyl (C=O) groups is 1. The van der Waals surface area contributed by atoms with Gasteiger partial charge in [0.1, 0.15) is 0 Å². The molecule has 0 saturated carbocycles. The van der Waals surface area contributed by atoms with Gasteiger partial charge in [-0.3, -0.25) is 4.79 Å². The van der Waals surface area contributed by atoms with E-state index in [0.29, 0.717) is 5.56 Å². The number of rotatable bonds is 4. The van der Waals surface area contributed by atoms with Gasteiger partial charge in [-0.25, -0.2) is 0 Å². The number of hydrogen-bond acceptors (Lipinski definition) is 2. The molecule has 3 aromatic carbocycles. The number of amides is 1. The normalized spacial score (nSPS) is 11.5. The Hall–Kier alpha value is -3.37. The maximum absolute atomic E-state index is 12.2. The molecule has 0 aliphatic rings. The first kappa shape index (κ1) is 19.6. The van der Waals surface area contributed by atoms with E-state index in [9.17, 15) is 4.79 Å². The number of aromatic nitrogens is 1. The van der Waals surface area contributed by atoms with Crippen LogP contribution in [0.4, 0.5) is 0 Å². The number of fused-ring (bicyclic) bond motifs is 3. The molecule has 154 valence electrons. The van der Waals surface area contributed by atoms with E-state index in [4.69, 9.17) is 5.73 Å².